The molecule has 1 N–H and O–H groups in total. The molecule has 0 spiro atoms. The number of nitrogens with zero attached hydrogens (tertiary/aromatic N) is 1. The highest BCUT2D eigenvalue weighted by Crippen LogP contribution is 2.40. The molecule has 1 unspecified atom stereocenters. The number of rotatable bonds is 6. The van der Waals surface area contributed by atoms with E-state index in [1.165, 1.54) is 0 Å². The zero-order valence-corrected chi connectivity index (χ0v) is 17.8. The van der Waals surface area contributed by atoms with Crippen molar-refractivity contribution >= 4 is 29.1 Å². The number of unbranched alkanes of at least 4 members (excludes halogenated alkanes) is 2. The fraction of sp³-hybridized carbons (Fsp3) is 0.333. The first-order valence-electron chi connectivity index (χ1n) is 9.96. The van der Waals surface area contributed by atoms with Crippen LogP contribution < -0.4 is 0 Å². The highest BCUT2D eigenvalue weighted by molar-refractivity contribution is 6.46. The van der Waals surface area contributed by atoms with Gasteiger partial charge in [-0.15, -0.1) is 0 Å². The van der Waals surface area contributed by atoms with Crippen LogP contribution in [0, 0.1) is 13.8 Å². The average Bonchev–Trinajstić information content (AvgIpc) is 2.95. The predicted molar refractivity (Wildman–Crippen MR) is 116 cm³/mol. The Labute approximate surface area is 176 Å². The van der Waals surface area contributed by atoms with Crippen LogP contribution in [-0.4, -0.2) is 28.2 Å². The van der Waals surface area contributed by atoms with Gasteiger partial charge in [-0.25, -0.2) is 0 Å². The molecule has 3 rings (SSSR count). The number of aliphatic hydroxyl groups excluding tert-OH is 1. The maximum atomic E-state index is 12.9. The predicted octanol–water partition coefficient (Wildman–Crippen LogP) is 5.57. The van der Waals surface area contributed by atoms with E-state index in [-0.39, 0.29) is 11.3 Å². The Bertz CT molecular complexity index is 963. The van der Waals surface area contributed by atoms with Crippen molar-refractivity contribution in [3.8, 4) is 0 Å². The molecule has 1 aliphatic heterocycles. The number of likely N-dealkylation sites (tertiary alicyclic amines) is 1. The molecule has 0 aliphatic carbocycles. The molecule has 29 heavy (non-hydrogen) atoms. The van der Waals surface area contributed by atoms with E-state index in [4.69, 9.17) is 11.6 Å². The Morgan fingerprint density at radius 1 is 1.03 bits per heavy atom. The van der Waals surface area contributed by atoms with Crippen molar-refractivity contribution in [1.29, 1.82) is 0 Å². The van der Waals surface area contributed by atoms with Gasteiger partial charge < -0.3 is 10.0 Å². The lowest BCUT2D eigenvalue weighted by atomic mass is 9.94. The summed E-state index contributed by atoms with van der Waals surface area (Å²) in [5.41, 5.74) is 3.54. The Morgan fingerprint density at radius 2 is 1.72 bits per heavy atom. The third-order valence-corrected chi connectivity index (χ3v) is 5.76. The topological polar surface area (TPSA) is 57.6 Å². The number of carbonyl (C=O) groups is 2. The number of aryl methyl sites for hydroxylation is 2. The average molecular weight is 412 g/mol. The Balaban J connectivity index is 2.13. The Kier molecular flexibility index (Phi) is 6.43. The molecule has 1 aliphatic rings. The van der Waals surface area contributed by atoms with Gasteiger partial charge >= 0.3 is 0 Å². The number of amides is 1. The number of Topliss-reactive ketones (excluding diaryl/α,β-unsaturated/α-hetero) is 1. The quantitative estimate of drug-likeness (QED) is 0.292. The van der Waals surface area contributed by atoms with Crippen molar-refractivity contribution < 1.29 is 14.7 Å². The largest absolute Gasteiger partial charge is 0.507 e. The van der Waals surface area contributed by atoms with Crippen molar-refractivity contribution in [3.63, 3.8) is 0 Å². The molecule has 1 fully saturated rings. The molecule has 0 radical (unpaired) electrons. The molecule has 4 nitrogen and oxygen atoms in total. The second-order valence-electron chi connectivity index (χ2n) is 7.55. The second-order valence-corrected chi connectivity index (χ2v) is 7.99. The fourth-order valence-corrected chi connectivity index (χ4v) is 3.80. The number of benzene rings is 2. The van der Waals surface area contributed by atoms with Gasteiger partial charge in [-0.2, -0.15) is 0 Å². The normalized spacial score (nSPS) is 18.5. The zero-order valence-electron chi connectivity index (χ0n) is 17.0. The van der Waals surface area contributed by atoms with Crippen LogP contribution in [0.25, 0.3) is 5.76 Å². The number of halogens is 1. The molecular formula is C24H26ClNO3. The SMILES string of the molecule is CCCCCN1C(=O)C(=O)/C(=C(\O)c2ccc(C)c(C)c2)C1c1ccc(Cl)cc1. The molecule has 1 amide bonds. The molecule has 2 aromatic carbocycles. The Morgan fingerprint density at radius 3 is 2.34 bits per heavy atom. The van der Waals surface area contributed by atoms with Crippen molar-refractivity contribution in [2.45, 2.75) is 46.1 Å². The summed E-state index contributed by atoms with van der Waals surface area (Å²) in [6.07, 6.45) is 2.78. The summed E-state index contributed by atoms with van der Waals surface area (Å²) in [5.74, 6) is -1.34. The van der Waals surface area contributed by atoms with Gasteiger partial charge in [0.15, 0.2) is 0 Å². The second kappa shape index (κ2) is 8.83. The first-order valence-corrected chi connectivity index (χ1v) is 10.3. The zero-order chi connectivity index (χ0) is 21.1. The maximum Gasteiger partial charge on any atom is 0.295 e. The van der Waals surface area contributed by atoms with Crippen LogP contribution in [0.5, 0.6) is 0 Å². The van der Waals surface area contributed by atoms with Crippen LogP contribution in [0.3, 0.4) is 0 Å². The summed E-state index contributed by atoms with van der Waals surface area (Å²) in [4.78, 5) is 27.3. The smallest absolute Gasteiger partial charge is 0.295 e. The monoisotopic (exact) mass is 411 g/mol. The summed E-state index contributed by atoms with van der Waals surface area (Å²) < 4.78 is 0. The van der Waals surface area contributed by atoms with Gasteiger partial charge in [0.25, 0.3) is 11.7 Å². The summed E-state index contributed by atoms with van der Waals surface area (Å²) in [5, 5.41) is 11.6. The van der Waals surface area contributed by atoms with Crippen LogP contribution in [0.4, 0.5) is 0 Å². The number of hydrogen-bond acceptors (Lipinski definition) is 3. The lowest BCUT2D eigenvalue weighted by Crippen LogP contribution is -2.30. The van der Waals surface area contributed by atoms with E-state index in [1.54, 1.807) is 35.2 Å². The van der Waals surface area contributed by atoms with Gasteiger partial charge in [0.05, 0.1) is 11.6 Å². The van der Waals surface area contributed by atoms with Crippen LogP contribution in [0.2, 0.25) is 5.02 Å². The maximum absolute atomic E-state index is 12.9. The third kappa shape index (κ3) is 4.23. The van der Waals surface area contributed by atoms with E-state index in [0.29, 0.717) is 17.1 Å². The highest BCUT2D eigenvalue weighted by atomic mass is 35.5. The van der Waals surface area contributed by atoms with Gasteiger partial charge in [-0.1, -0.05) is 55.6 Å². The first-order chi connectivity index (χ1) is 13.8. The molecule has 2 aromatic rings. The summed E-state index contributed by atoms with van der Waals surface area (Å²) in [6.45, 7) is 6.49. The molecule has 0 aromatic heterocycles. The van der Waals surface area contributed by atoms with Gasteiger partial charge in [-0.3, -0.25) is 9.59 Å². The van der Waals surface area contributed by atoms with Gasteiger partial charge in [-0.05, 0) is 55.2 Å². The molecule has 1 heterocycles. The summed E-state index contributed by atoms with van der Waals surface area (Å²) in [7, 11) is 0. The molecule has 0 bridgehead atoms. The van der Waals surface area contributed by atoms with Gasteiger partial charge in [0.1, 0.15) is 5.76 Å². The lowest BCUT2D eigenvalue weighted by Gasteiger charge is -2.25. The number of hydrogen-bond donors (Lipinski definition) is 1. The van der Waals surface area contributed by atoms with Crippen LogP contribution >= 0.6 is 11.6 Å². The fourth-order valence-electron chi connectivity index (χ4n) is 3.68. The molecule has 1 saturated heterocycles. The minimum atomic E-state index is -0.642. The van der Waals surface area contributed by atoms with E-state index in [9.17, 15) is 14.7 Å². The highest BCUT2D eigenvalue weighted by Gasteiger charge is 2.45. The van der Waals surface area contributed by atoms with E-state index >= 15 is 0 Å². The first kappa shape index (κ1) is 21.1. The van der Waals surface area contributed by atoms with Crippen LogP contribution in [-0.2, 0) is 9.59 Å². The number of aliphatic hydroxyl groups is 1. The van der Waals surface area contributed by atoms with Crippen molar-refractivity contribution in [3.05, 3.63) is 75.3 Å². The number of carbonyl (C=O) groups excluding carboxylic acids is 2. The van der Waals surface area contributed by atoms with E-state index in [0.717, 1.165) is 36.0 Å². The summed E-state index contributed by atoms with van der Waals surface area (Å²) in [6, 6.07) is 12.0. The van der Waals surface area contributed by atoms with E-state index in [2.05, 4.69) is 6.92 Å². The number of ketones is 1. The van der Waals surface area contributed by atoms with Crippen LogP contribution in [0.15, 0.2) is 48.0 Å². The van der Waals surface area contributed by atoms with Crippen molar-refractivity contribution in [1.82, 2.24) is 4.90 Å². The minimum Gasteiger partial charge on any atom is -0.507 e. The lowest BCUT2D eigenvalue weighted by molar-refractivity contribution is -0.139. The Hall–Kier alpha value is -2.59. The molecule has 5 heteroatoms. The summed E-state index contributed by atoms with van der Waals surface area (Å²) >= 11 is 6.03. The van der Waals surface area contributed by atoms with Gasteiger partial charge in [0, 0.05) is 17.1 Å². The van der Waals surface area contributed by atoms with Gasteiger partial charge in [0.2, 0.25) is 0 Å². The third-order valence-electron chi connectivity index (χ3n) is 5.51. The standard InChI is InChI=1S/C24H26ClNO3/c1-4-5-6-13-26-21(17-9-11-19(25)12-10-17)20(23(28)24(26)29)22(27)18-8-7-15(2)16(3)14-18/h7-12,14,21,27H,4-6,13H2,1-3H3/b22-20-. The molecule has 0 saturated carbocycles. The minimum absolute atomic E-state index is 0.135. The molecule has 1 atom stereocenters. The van der Waals surface area contributed by atoms with E-state index < -0.39 is 17.7 Å². The van der Waals surface area contributed by atoms with E-state index in [1.807, 2.05) is 26.0 Å². The van der Waals surface area contributed by atoms with Crippen LogP contribution in [0.1, 0.15) is 54.5 Å². The molecular weight excluding hydrogens is 386 g/mol. The molecule has 152 valence electrons. The van der Waals surface area contributed by atoms with Crippen molar-refractivity contribution in [2.75, 3.05) is 6.54 Å². The van der Waals surface area contributed by atoms with Crippen molar-refractivity contribution in [2.24, 2.45) is 0 Å².